The third-order valence-corrected chi connectivity index (χ3v) is 6.76. The Morgan fingerprint density at radius 3 is 2.61 bits per heavy atom. The molecule has 2 unspecified atom stereocenters. The second-order valence-corrected chi connectivity index (χ2v) is 8.86. The molecule has 2 aliphatic rings. The minimum atomic E-state index is -0.117. The van der Waals surface area contributed by atoms with E-state index in [0.29, 0.717) is 16.5 Å². The molecule has 6 nitrogen and oxygen atoms in total. The van der Waals surface area contributed by atoms with Crippen molar-refractivity contribution < 1.29 is 9.32 Å². The van der Waals surface area contributed by atoms with Crippen LogP contribution in [0.5, 0.6) is 0 Å². The topological polar surface area (TPSA) is 70.4 Å². The van der Waals surface area contributed by atoms with Gasteiger partial charge in [0, 0.05) is 17.7 Å². The number of hydrogen-bond acceptors (Lipinski definition) is 5. The van der Waals surface area contributed by atoms with Crippen molar-refractivity contribution in [3.8, 4) is 11.1 Å². The summed E-state index contributed by atoms with van der Waals surface area (Å²) in [5, 5.41) is 12.1. The first-order valence-electron chi connectivity index (χ1n) is 10.3. The average Bonchev–Trinajstić information content (AvgIpc) is 3.32. The maximum atomic E-state index is 12.9. The molecule has 0 radical (unpaired) electrons. The zero-order valence-electron chi connectivity index (χ0n) is 17.2. The molecule has 2 N–H and O–H groups in total. The molecular weight excluding hydrogens is 435 g/mol. The molecular formula is C23H22Cl2N4O2. The van der Waals surface area contributed by atoms with Gasteiger partial charge >= 0.3 is 0 Å². The highest BCUT2D eigenvalue weighted by Crippen LogP contribution is 2.39. The van der Waals surface area contributed by atoms with E-state index in [9.17, 15) is 4.79 Å². The summed E-state index contributed by atoms with van der Waals surface area (Å²) in [7, 11) is 0. The standard InChI is InChI=1S/C23H22Cl2N4O2/c1-12-22(13(2)31-28-12)14-6-9-18-19(10-14)27-23(26-18)20-4-3-5-21(30)29(20)15-7-8-16(24)17(25)11-15/h6-11,20,23,26-27H,3-5H2,1-2H3. The van der Waals surface area contributed by atoms with Crippen LogP contribution in [0.2, 0.25) is 10.0 Å². The summed E-state index contributed by atoms with van der Waals surface area (Å²) in [4.78, 5) is 14.7. The van der Waals surface area contributed by atoms with Crippen molar-refractivity contribution in [3.05, 3.63) is 57.9 Å². The number of amides is 1. The third kappa shape index (κ3) is 3.54. The number of nitrogens with zero attached hydrogens (tertiary/aromatic N) is 2. The van der Waals surface area contributed by atoms with Crippen LogP contribution in [-0.2, 0) is 4.79 Å². The Kier molecular flexibility index (Phi) is 5.07. The zero-order chi connectivity index (χ0) is 21.7. The molecule has 2 aromatic carbocycles. The Balaban J connectivity index is 1.45. The molecule has 0 spiro atoms. The van der Waals surface area contributed by atoms with Gasteiger partial charge in [-0.15, -0.1) is 0 Å². The van der Waals surface area contributed by atoms with Crippen LogP contribution >= 0.6 is 23.2 Å². The van der Waals surface area contributed by atoms with E-state index in [-0.39, 0.29) is 18.1 Å². The summed E-state index contributed by atoms with van der Waals surface area (Å²) >= 11 is 12.3. The lowest BCUT2D eigenvalue weighted by Crippen LogP contribution is -2.53. The van der Waals surface area contributed by atoms with E-state index in [2.05, 4.69) is 34.0 Å². The van der Waals surface area contributed by atoms with Crippen molar-refractivity contribution in [1.29, 1.82) is 0 Å². The highest BCUT2D eigenvalue weighted by molar-refractivity contribution is 6.42. The van der Waals surface area contributed by atoms with E-state index in [0.717, 1.165) is 52.5 Å². The number of hydrogen-bond donors (Lipinski definition) is 2. The van der Waals surface area contributed by atoms with Gasteiger partial charge in [-0.1, -0.05) is 34.4 Å². The van der Waals surface area contributed by atoms with Crippen LogP contribution in [-0.4, -0.2) is 23.3 Å². The third-order valence-electron chi connectivity index (χ3n) is 6.02. The molecule has 160 valence electrons. The van der Waals surface area contributed by atoms with Gasteiger partial charge in [0.25, 0.3) is 0 Å². The van der Waals surface area contributed by atoms with E-state index >= 15 is 0 Å². The zero-order valence-corrected chi connectivity index (χ0v) is 18.7. The summed E-state index contributed by atoms with van der Waals surface area (Å²) in [6.45, 7) is 3.86. The predicted molar refractivity (Wildman–Crippen MR) is 124 cm³/mol. The summed E-state index contributed by atoms with van der Waals surface area (Å²) < 4.78 is 5.33. The summed E-state index contributed by atoms with van der Waals surface area (Å²) in [6.07, 6.45) is 2.13. The van der Waals surface area contributed by atoms with Crippen molar-refractivity contribution in [3.63, 3.8) is 0 Å². The van der Waals surface area contributed by atoms with E-state index in [4.69, 9.17) is 27.7 Å². The van der Waals surface area contributed by atoms with Gasteiger partial charge < -0.3 is 20.1 Å². The quantitative estimate of drug-likeness (QED) is 0.504. The van der Waals surface area contributed by atoms with Gasteiger partial charge in [0.1, 0.15) is 11.9 Å². The van der Waals surface area contributed by atoms with Gasteiger partial charge in [-0.25, -0.2) is 0 Å². The highest BCUT2D eigenvalue weighted by Gasteiger charge is 2.38. The monoisotopic (exact) mass is 456 g/mol. The van der Waals surface area contributed by atoms with Crippen molar-refractivity contribution in [2.24, 2.45) is 0 Å². The molecule has 0 aliphatic carbocycles. The number of benzene rings is 2. The fourth-order valence-electron chi connectivity index (χ4n) is 4.59. The molecule has 3 aromatic rings. The van der Waals surface area contributed by atoms with Gasteiger partial charge in [0.05, 0.1) is 33.2 Å². The van der Waals surface area contributed by atoms with Crippen LogP contribution in [0, 0.1) is 13.8 Å². The maximum Gasteiger partial charge on any atom is 0.227 e. The summed E-state index contributed by atoms with van der Waals surface area (Å²) in [6, 6.07) is 11.5. The second-order valence-electron chi connectivity index (χ2n) is 8.05. The highest BCUT2D eigenvalue weighted by atomic mass is 35.5. The van der Waals surface area contributed by atoms with Crippen LogP contribution < -0.4 is 15.5 Å². The maximum absolute atomic E-state index is 12.9. The number of aryl methyl sites for hydroxylation is 2. The Labute approximate surface area is 190 Å². The molecule has 1 saturated heterocycles. The minimum absolute atomic E-state index is 0.0617. The predicted octanol–water partition coefficient (Wildman–Crippen LogP) is 6.01. The number of nitrogens with one attached hydrogen (secondary N) is 2. The Bertz CT molecular complexity index is 1160. The lowest BCUT2D eigenvalue weighted by molar-refractivity contribution is -0.120. The van der Waals surface area contributed by atoms with Gasteiger partial charge in [0.2, 0.25) is 5.91 Å². The van der Waals surface area contributed by atoms with E-state index in [1.807, 2.05) is 24.8 Å². The molecule has 31 heavy (non-hydrogen) atoms. The summed E-state index contributed by atoms with van der Waals surface area (Å²) in [5.41, 5.74) is 5.69. The van der Waals surface area contributed by atoms with Crippen molar-refractivity contribution in [1.82, 2.24) is 5.16 Å². The number of halogens is 2. The number of rotatable bonds is 3. The molecule has 2 aliphatic heterocycles. The van der Waals surface area contributed by atoms with Crippen molar-refractivity contribution in [2.75, 3.05) is 15.5 Å². The normalized spacial score (nSPS) is 20.4. The van der Waals surface area contributed by atoms with Crippen LogP contribution in [0.3, 0.4) is 0 Å². The first-order valence-corrected chi connectivity index (χ1v) is 11.1. The van der Waals surface area contributed by atoms with Gasteiger partial charge in [0.15, 0.2) is 0 Å². The fraction of sp³-hybridized carbons (Fsp3) is 0.304. The molecule has 3 heterocycles. The van der Waals surface area contributed by atoms with Crippen LogP contribution in [0.15, 0.2) is 40.9 Å². The first-order chi connectivity index (χ1) is 14.9. The molecule has 1 fully saturated rings. The van der Waals surface area contributed by atoms with Crippen LogP contribution in [0.1, 0.15) is 30.7 Å². The lowest BCUT2D eigenvalue weighted by Gasteiger charge is -2.39. The van der Waals surface area contributed by atoms with E-state index in [1.165, 1.54) is 0 Å². The van der Waals surface area contributed by atoms with Crippen LogP contribution in [0.25, 0.3) is 11.1 Å². The van der Waals surface area contributed by atoms with Crippen molar-refractivity contribution in [2.45, 2.75) is 45.3 Å². The smallest absolute Gasteiger partial charge is 0.227 e. The van der Waals surface area contributed by atoms with Gasteiger partial charge in [-0.2, -0.15) is 0 Å². The molecule has 8 heteroatoms. The molecule has 5 rings (SSSR count). The Morgan fingerprint density at radius 2 is 1.87 bits per heavy atom. The average molecular weight is 457 g/mol. The largest absolute Gasteiger partial charge is 0.362 e. The minimum Gasteiger partial charge on any atom is -0.362 e. The number of carbonyl (C=O) groups excluding carboxylic acids is 1. The lowest BCUT2D eigenvalue weighted by atomic mass is 9.98. The summed E-state index contributed by atoms with van der Waals surface area (Å²) in [5.74, 6) is 0.884. The number of anilines is 3. The molecule has 1 amide bonds. The second kappa shape index (κ2) is 7.77. The number of fused-ring (bicyclic) bond motifs is 1. The molecule has 1 aromatic heterocycles. The SMILES string of the molecule is Cc1noc(C)c1-c1ccc2c(c1)NC(C1CCCC(=O)N1c1ccc(Cl)c(Cl)c1)N2. The van der Waals surface area contributed by atoms with Crippen LogP contribution in [0.4, 0.5) is 17.1 Å². The van der Waals surface area contributed by atoms with Crippen molar-refractivity contribution >= 4 is 46.2 Å². The Morgan fingerprint density at radius 1 is 1.06 bits per heavy atom. The first kappa shape index (κ1) is 20.2. The molecule has 2 atom stereocenters. The molecule has 0 bridgehead atoms. The van der Waals surface area contributed by atoms with E-state index in [1.54, 1.807) is 12.1 Å². The number of carbonyl (C=O) groups is 1. The fourth-order valence-corrected chi connectivity index (χ4v) is 4.88. The number of aromatic nitrogens is 1. The molecule has 0 saturated carbocycles. The Hall–Kier alpha value is -2.70. The van der Waals surface area contributed by atoms with Gasteiger partial charge in [-0.3, -0.25) is 4.79 Å². The number of piperidine rings is 1. The van der Waals surface area contributed by atoms with E-state index < -0.39 is 0 Å². The van der Waals surface area contributed by atoms with Gasteiger partial charge in [-0.05, 0) is 62.6 Å².